The molecule has 2 nitrogen and oxygen atoms in total. The van der Waals surface area contributed by atoms with Crippen molar-refractivity contribution in [1.29, 1.82) is 0 Å². The van der Waals surface area contributed by atoms with Gasteiger partial charge in [0.1, 0.15) is 0 Å². The van der Waals surface area contributed by atoms with E-state index in [9.17, 15) is 0 Å². The molecule has 0 bridgehead atoms. The first-order valence-corrected chi connectivity index (χ1v) is 7.63. The molecule has 0 radical (unpaired) electrons. The van der Waals surface area contributed by atoms with Crippen molar-refractivity contribution >= 4 is 0 Å². The van der Waals surface area contributed by atoms with Gasteiger partial charge in [-0.15, -0.1) is 0 Å². The molecular weight excluding hydrogens is 224 g/mol. The Morgan fingerprint density at radius 1 is 0.722 bits per heavy atom. The Bertz CT molecular complexity index is 160. The van der Waals surface area contributed by atoms with E-state index < -0.39 is 0 Å². The highest BCUT2D eigenvalue weighted by atomic mass is 16.5. The molecule has 0 atom stereocenters. The minimum Gasteiger partial charge on any atom is -0.377 e. The normalized spacial score (nSPS) is 10.8. The third-order valence-corrected chi connectivity index (χ3v) is 2.90. The Hall–Kier alpha value is -0.340. The second-order valence-corrected chi connectivity index (χ2v) is 4.98. The molecular formula is C16H32O2. The van der Waals surface area contributed by atoms with E-state index in [0.717, 1.165) is 18.8 Å². The summed E-state index contributed by atoms with van der Waals surface area (Å²) in [6, 6.07) is 0. The summed E-state index contributed by atoms with van der Waals surface area (Å²) in [5, 5.41) is 0. The fraction of sp³-hybridized carbons (Fsp3) is 0.875. The minimum atomic E-state index is 0.654. The molecule has 0 amide bonds. The lowest BCUT2D eigenvalue weighted by molar-refractivity contribution is 0.115. The van der Waals surface area contributed by atoms with Gasteiger partial charge in [-0.2, -0.15) is 0 Å². The van der Waals surface area contributed by atoms with Gasteiger partial charge in [0.05, 0.1) is 13.2 Å². The van der Waals surface area contributed by atoms with E-state index in [1.165, 1.54) is 51.4 Å². The summed E-state index contributed by atoms with van der Waals surface area (Å²) in [5.41, 5.74) is 1.06. The van der Waals surface area contributed by atoms with Gasteiger partial charge >= 0.3 is 0 Å². The fourth-order valence-corrected chi connectivity index (χ4v) is 1.74. The first-order valence-electron chi connectivity index (χ1n) is 7.63. The van der Waals surface area contributed by atoms with Gasteiger partial charge in [-0.3, -0.25) is 0 Å². The molecule has 0 rings (SSSR count). The molecule has 0 aliphatic carbocycles. The molecule has 0 aliphatic heterocycles. The van der Waals surface area contributed by atoms with Crippen molar-refractivity contribution in [3.8, 4) is 0 Å². The van der Waals surface area contributed by atoms with Gasteiger partial charge in [-0.1, -0.05) is 59.0 Å². The van der Waals surface area contributed by atoms with Crippen molar-refractivity contribution in [2.24, 2.45) is 0 Å². The SMILES string of the molecule is C=C(COCCCCCC)COCCCCCC. The standard InChI is InChI=1S/C16H32O2/c1-4-6-8-10-12-17-14-16(3)15-18-13-11-9-7-5-2/h3-15H2,1-2H3. The number of hydrogen-bond acceptors (Lipinski definition) is 2. The van der Waals surface area contributed by atoms with Crippen molar-refractivity contribution in [3.63, 3.8) is 0 Å². The minimum absolute atomic E-state index is 0.654. The van der Waals surface area contributed by atoms with E-state index >= 15 is 0 Å². The zero-order valence-electron chi connectivity index (χ0n) is 12.5. The van der Waals surface area contributed by atoms with Gasteiger partial charge in [-0.25, -0.2) is 0 Å². The van der Waals surface area contributed by atoms with Crippen LogP contribution < -0.4 is 0 Å². The average molecular weight is 256 g/mol. The van der Waals surface area contributed by atoms with Gasteiger partial charge in [0.25, 0.3) is 0 Å². The predicted molar refractivity (Wildman–Crippen MR) is 79.1 cm³/mol. The van der Waals surface area contributed by atoms with Gasteiger partial charge in [0, 0.05) is 13.2 Å². The lowest BCUT2D eigenvalue weighted by Gasteiger charge is -2.08. The molecule has 18 heavy (non-hydrogen) atoms. The topological polar surface area (TPSA) is 18.5 Å². The number of unbranched alkanes of at least 4 members (excludes halogenated alkanes) is 6. The van der Waals surface area contributed by atoms with Crippen LogP contribution >= 0.6 is 0 Å². The van der Waals surface area contributed by atoms with Crippen LogP contribution in [0.1, 0.15) is 65.2 Å². The third kappa shape index (κ3) is 13.7. The van der Waals surface area contributed by atoms with Crippen molar-refractivity contribution < 1.29 is 9.47 Å². The smallest absolute Gasteiger partial charge is 0.0696 e. The molecule has 0 aromatic rings. The molecule has 0 fully saturated rings. The Labute approximate surface area is 114 Å². The van der Waals surface area contributed by atoms with Crippen molar-refractivity contribution in [1.82, 2.24) is 0 Å². The van der Waals surface area contributed by atoms with E-state index in [1.807, 2.05) is 0 Å². The summed E-state index contributed by atoms with van der Waals surface area (Å²) in [7, 11) is 0. The molecule has 0 aliphatic rings. The van der Waals surface area contributed by atoms with Crippen LogP contribution in [0.15, 0.2) is 12.2 Å². The van der Waals surface area contributed by atoms with E-state index in [4.69, 9.17) is 9.47 Å². The molecule has 0 heterocycles. The fourth-order valence-electron chi connectivity index (χ4n) is 1.74. The van der Waals surface area contributed by atoms with E-state index in [-0.39, 0.29) is 0 Å². The molecule has 0 aromatic carbocycles. The third-order valence-electron chi connectivity index (χ3n) is 2.90. The number of rotatable bonds is 14. The lowest BCUT2D eigenvalue weighted by atomic mass is 10.2. The van der Waals surface area contributed by atoms with Crippen LogP contribution in [0, 0.1) is 0 Å². The Kier molecular flexibility index (Phi) is 14.4. The lowest BCUT2D eigenvalue weighted by Crippen LogP contribution is -2.06. The summed E-state index contributed by atoms with van der Waals surface area (Å²) in [6.07, 6.45) is 10.1. The van der Waals surface area contributed by atoms with Crippen LogP contribution in [0.4, 0.5) is 0 Å². The van der Waals surface area contributed by atoms with Gasteiger partial charge < -0.3 is 9.47 Å². The molecule has 0 saturated heterocycles. The molecule has 0 N–H and O–H groups in total. The van der Waals surface area contributed by atoms with Gasteiger partial charge in [0.2, 0.25) is 0 Å². The Morgan fingerprint density at radius 2 is 1.17 bits per heavy atom. The molecule has 108 valence electrons. The van der Waals surface area contributed by atoms with Crippen LogP contribution in [0.2, 0.25) is 0 Å². The highest BCUT2D eigenvalue weighted by molar-refractivity contribution is 4.94. The average Bonchev–Trinajstić information content (AvgIpc) is 2.38. The summed E-state index contributed by atoms with van der Waals surface area (Å²) in [4.78, 5) is 0. The van der Waals surface area contributed by atoms with Crippen LogP contribution in [-0.2, 0) is 9.47 Å². The first-order chi connectivity index (χ1) is 8.81. The van der Waals surface area contributed by atoms with E-state index in [0.29, 0.717) is 13.2 Å². The van der Waals surface area contributed by atoms with Crippen molar-refractivity contribution in [2.75, 3.05) is 26.4 Å². The van der Waals surface area contributed by atoms with Gasteiger partial charge in [-0.05, 0) is 18.4 Å². The largest absolute Gasteiger partial charge is 0.377 e. The maximum Gasteiger partial charge on any atom is 0.0696 e. The van der Waals surface area contributed by atoms with Crippen LogP contribution in [0.25, 0.3) is 0 Å². The molecule has 0 aromatic heterocycles. The molecule has 0 spiro atoms. The first kappa shape index (κ1) is 17.7. The monoisotopic (exact) mass is 256 g/mol. The number of hydrogen-bond donors (Lipinski definition) is 0. The van der Waals surface area contributed by atoms with Crippen LogP contribution in [0.3, 0.4) is 0 Å². The zero-order valence-corrected chi connectivity index (χ0v) is 12.5. The summed E-state index contributed by atoms with van der Waals surface area (Å²) in [6.45, 7) is 11.4. The highest BCUT2D eigenvalue weighted by Gasteiger charge is 1.96. The van der Waals surface area contributed by atoms with Crippen LogP contribution in [-0.4, -0.2) is 26.4 Å². The maximum atomic E-state index is 5.56. The number of ether oxygens (including phenoxy) is 2. The second-order valence-electron chi connectivity index (χ2n) is 4.98. The van der Waals surface area contributed by atoms with Crippen LogP contribution in [0.5, 0.6) is 0 Å². The Balaban J connectivity index is 3.12. The molecule has 2 heteroatoms. The summed E-state index contributed by atoms with van der Waals surface area (Å²) in [5.74, 6) is 0. The Morgan fingerprint density at radius 3 is 1.56 bits per heavy atom. The van der Waals surface area contributed by atoms with Gasteiger partial charge in [0.15, 0.2) is 0 Å². The predicted octanol–water partition coefficient (Wildman–Crippen LogP) is 4.74. The quantitative estimate of drug-likeness (QED) is 0.330. The summed E-state index contributed by atoms with van der Waals surface area (Å²) >= 11 is 0. The molecule has 0 unspecified atom stereocenters. The zero-order chi connectivity index (χ0) is 13.5. The maximum absolute atomic E-state index is 5.56. The summed E-state index contributed by atoms with van der Waals surface area (Å²) < 4.78 is 11.1. The van der Waals surface area contributed by atoms with E-state index in [2.05, 4.69) is 20.4 Å². The van der Waals surface area contributed by atoms with E-state index in [1.54, 1.807) is 0 Å². The molecule has 0 saturated carbocycles. The van der Waals surface area contributed by atoms with Crippen molar-refractivity contribution in [3.05, 3.63) is 12.2 Å². The second kappa shape index (κ2) is 14.7. The van der Waals surface area contributed by atoms with Crippen molar-refractivity contribution in [2.45, 2.75) is 65.2 Å². The highest BCUT2D eigenvalue weighted by Crippen LogP contribution is 2.02.